The van der Waals surface area contributed by atoms with E-state index >= 15 is 0 Å². The van der Waals surface area contributed by atoms with Crippen LogP contribution >= 0.6 is 0 Å². The smallest absolute Gasteiger partial charge is 0.170 e. The molecule has 21 heavy (non-hydrogen) atoms. The number of hydrogen-bond acceptors (Lipinski definition) is 4. The quantitative estimate of drug-likeness (QED) is 0.732. The third kappa shape index (κ3) is 3.19. The molecular formula is C17H29NO3. The number of allylic oxidation sites excluding steroid dienone is 2. The van der Waals surface area contributed by atoms with E-state index in [1.165, 1.54) is 12.0 Å². The van der Waals surface area contributed by atoms with Gasteiger partial charge in [0.25, 0.3) is 0 Å². The molecule has 0 N–H and O–H groups in total. The zero-order valence-electron chi connectivity index (χ0n) is 13.6. The lowest BCUT2D eigenvalue weighted by molar-refractivity contribution is -0.255. The summed E-state index contributed by atoms with van der Waals surface area (Å²) < 4.78 is 17.6. The first-order valence-electron chi connectivity index (χ1n) is 8.31. The third-order valence-corrected chi connectivity index (χ3v) is 5.64. The Bertz CT molecular complexity index is 381. The largest absolute Gasteiger partial charge is 0.379 e. The number of morpholine rings is 1. The molecule has 0 saturated carbocycles. The molecule has 0 unspecified atom stereocenters. The first-order chi connectivity index (χ1) is 10.1. The minimum absolute atomic E-state index is 0.0693. The summed E-state index contributed by atoms with van der Waals surface area (Å²) in [6.45, 7) is 13.1. The lowest BCUT2D eigenvalue weighted by Gasteiger charge is -2.50. The van der Waals surface area contributed by atoms with Crippen LogP contribution in [0.3, 0.4) is 0 Å². The normalized spacial score (nSPS) is 42.0. The van der Waals surface area contributed by atoms with Crippen molar-refractivity contribution < 1.29 is 14.2 Å². The topological polar surface area (TPSA) is 30.9 Å². The van der Waals surface area contributed by atoms with Gasteiger partial charge in [0.2, 0.25) is 0 Å². The molecule has 2 saturated heterocycles. The molecule has 120 valence electrons. The van der Waals surface area contributed by atoms with Crippen molar-refractivity contribution in [2.45, 2.75) is 33.5 Å². The lowest BCUT2D eigenvalue weighted by Crippen LogP contribution is -2.53. The summed E-state index contributed by atoms with van der Waals surface area (Å²) >= 11 is 0. The molecule has 0 aromatic carbocycles. The molecule has 3 rings (SSSR count). The standard InChI is InChI=1S/C17H29NO3/c1-13-8-14(2)17(15(3)9-13)11-20-16(21-12-17)10-18-4-6-19-7-5-18/h8,14-16H,4-7,9-12H2,1-3H3/t14-,15+,16?,17?/m1/s1. The Balaban J connectivity index is 1.56. The Hall–Kier alpha value is -0.420. The fourth-order valence-corrected chi connectivity index (χ4v) is 4.03. The zero-order valence-corrected chi connectivity index (χ0v) is 13.6. The van der Waals surface area contributed by atoms with Gasteiger partial charge in [0.15, 0.2) is 6.29 Å². The molecule has 0 aromatic heterocycles. The van der Waals surface area contributed by atoms with E-state index in [9.17, 15) is 0 Å². The van der Waals surface area contributed by atoms with Crippen LogP contribution in [0.25, 0.3) is 0 Å². The first-order valence-corrected chi connectivity index (χ1v) is 8.31. The fraction of sp³-hybridized carbons (Fsp3) is 0.882. The molecular weight excluding hydrogens is 266 g/mol. The molecule has 0 radical (unpaired) electrons. The molecule has 4 heteroatoms. The Morgan fingerprint density at radius 1 is 1.19 bits per heavy atom. The van der Waals surface area contributed by atoms with Crippen LogP contribution in [0.4, 0.5) is 0 Å². The van der Waals surface area contributed by atoms with Gasteiger partial charge in [0.1, 0.15) is 0 Å². The van der Waals surface area contributed by atoms with Crippen molar-refractivity contribution in [2.24, 2.45) is 17.3 Å². The molecule has 3 aliphatic rings. The number of rotatable bonds is 2. The second-order valence-electron chi connectivity index (χ2n) is 7.10. The van der Waals surface area contributed by atoms with Crippen LogP contribution in [0, 0.1) is 17.3 Å². The van der Waals surface area contributed by atoms with Crippen LogP contribution in [-0.4, -0.2) is 57.3 Å². The molecule has 0 amide bonds. The predicted molar refractivity (Wildman–Crippen MR) is 82.1 cm³/mol. The van der Waals surface area contributed by atoms with Gasteiger partial charge in [-0.1, -0.05) is 25.5 Å². The molecule has 2 atom stereocenters. The molecule has 1 aliphatic carbocycles. The summed E-state index contributed by atoms with van der Waals surface area (Å²) in [7, 11) is 0. The van der Waals surface area contributed by atoms with Crippen molar-refractivity contribution in [3.8, 4) is 0 Å². The molecule has 4 nitrogen and oxygen atoms in total. The highest BCUT2D eigenvalue weighted by atomic mass is 16.7. The fourth-order valence-electron chi connectivity index (χ4n) is 4.03. The summed E-state index contributed by atoms with van der Waals surface area (Å²) in [6.07, 6.45) is 3.51. The Morgan fingerprint density at radius 3 is 2.48 bits per heavy atom. The molecule has 2 heterocycles. The van der Waals surface area contributed by atoms with Crippen molar-refractivity contribution in [3.63, 3.8) is 0 Å². The minimum atomic E-state index is -0.0693. The van der Waals surface area contributed by atoms with Gasteiger partial charge in [-0.15, -0.1) is 0 Å². The number of ether oxygens (including phenoxy) is 3. The maximum absolute atomic E-state index is 6.12. The second-order valence-corrected chi connectivity index (χ2v) is 7.10. The van der Waals surface area contributed by atoms with Crippen LogP contribution in [-0.2, 0) is 14.2 Å². The van der Waals surface area contributed by atoms with Gasteiger partial charge in [-0.25, -0.2) is 0 Å². The van der Waals surface area contributed by atoms with Crippen LogP contribution in [0.2, 0.25) is 0 Å². The van der Waals surface area contributed by atoms with E-state index in [0.29, 0.717) is 11.8 Å². The van der Waals surface area contributed by atoms with Gasteiger partial charge in [-0.3, -0.25) is 4.90 Å². The van der Waals surface area contributed by atoms with Crippen molar-refractivity contribution in [1.29, 1.82) is 0 Å². The Kier molecular flexibility index (Phi) is 4.69. The van der Waals surface area contributed by atoms with Gasteiger partial charge in [0, 0.05) is 25.0 Å². The highest BCUT2D eigenvalue weighted by Crippen LogP contribution is 2.46. The van der Waals surface area contributed by atoms with Gasteiger partial charge in [0.05, 0.1) is 26.4 Å². The molecule has 0 bridgehead atoms. The summed E-state index contributed by atoms with van der Waals surface area (Å²) in [5, 5.41) is 0. The highest BCUT2D eigenvalue weighted by Gasteiger charge is 2.46. The first kappa shape index (κ1) is 15.5. The number of nitrogens with zero attached hydrogens (tertiary/aromatic N) is 1. The molecule has 2 aliphatic heterocycles. The van der Waals surface area contributed by atoms with E-state index in [2.05, 4.69) is 31.7 Å². The summed E-state index contributed by atoms with van der Waals surface area (Å²) in [5.74, 6) is 1.16. The van der Waals surface area contributed by atoms with Gasteiger partial charge < -0.3 is 14.2 Å². The predicted octanol–water partition coefficient (Wildman–Crippen LogP) is 2.30. The third-order valence-electron chi connectivity index (χ3n) is 5.64. The van der Waals surface area contributed by atoms with Gasteiger partial charge >= 0.3 is 0 Å². The summed E-state index contributed by atoms with van der Waals surface area (Å²) in [4.78, 5) is 2.38. The monoisotopic (exact) mass is 295 g/mol. The zero-order chi connectivity index (χ0) is 14.9. The van der Waals surface area contributed by atoms with Crippen molar-refractivity contribution >= 4 is 0 Å². The summed E-state index contributed by atoms with van der Waals surface area (Å²) in [6, 6.07) is 0. The van der Waals surface area contributed by atoms with E-state index in [4.69, 9.17) is 14.2 Å². The molecule has 2 fully saturated rings. The van der Waals surface area contributed by atoms with Gasteiger partial charge in [-0.05, 0) is 25.2 Å². The van der Waals surface area contributed by atoms with Crippen molar-refractivity contribution in [3.05, 3.63) is 11.6 Å². The van der Waals surface area contributed by atoms with E-state index < -0.39 is 0 Å². The van der Waals surface area contributed by atoms with E-state index in [-0.39, 0.29) is 11.7 Å². The van der Waals surface area contributed by atoms with Crippen molar-refractivity contribution in [1.82, 2.24) is 4.90 Å². The lowest BCUT2D eigenvalue weighted by atomic mass is 9.63. The van der Waals surface area contributed by atoms with Gasteiger partial charge in [-0.2, -0.15) is 0 Å². The van der Waals surface area contributed by atoms with E-state index in [1.54, 1.807) is 0 Å². The van der Waals surface area contributed by atoms with E-state index in [0.717, 1.165) is 46.1 Å². The Labute approximate surface area is 128 Å². The van der Waals surface area contributed by atoms with Crippen LogP contribution in [0.1, 0.15) is 27.2 Å². The SMILES string of the molecule is CC1=C[C@@H](C)C2(COC(CN3CCOCC3)OC2)[C@@H](C)C1. The second kappa shape index (κ2) is 6.37. The summed E-state index contributed by atoms with van der Waals surface area (Å²) in [5.41, 5.74) is 1.68. The van der Waals surface area contributed by atoms with Crippen LogP contribution in [0.5, 0.6) is 0 Å². The highest BCUT2D eigenvalue weighted by molar-refractivity contribution is 5.13. The Morgan fingerprint density at radius 2 is 1.86 bits per heavy atom. The number of hydrogen-bond donors (Lipinski definition) is 0. The molecule has 0 aromatic rings. The molecule has 1 spiro atoms. The van der Waals surface area contributed by atoms with Crippen LogP contribution in [0.15, 0.2) is 11.6 Å². The van der Waals surface area contributed by atoms with Crippen LogP contribution < -0.4 is 0 Å². The average molecular weight is 295 g/mol. The maximum Gasteiger partial charge on any atom is 0.170 e. The minimum Gasteiger partial charge on any atom is -0.379 e. The average Bonchev–Trinajstić information content (AvgIpc) is 2.47. The maximum atomic E-state index is 6.12. The van der Waals surface area contributed by atoms with E-state index in [1.807, 2.05) is 0 Å². The van der Waals surface area contributed by atoms with Crippen molar-refractivity contribution in [2.75, 3.05) is 46.1 Å².